The molecule has 0 aromatic heterocycles. The van der Waals surface area contributed by atoms with E-state index in [1.165, 1.54) is 0 Å². The summed E-state index contributed by atoms with van der Waals surface area (Å²) in [5, 5.41) is 0. The van der Waals surface area contributed by atoms with Crippen LogP contribution >= 0.6 is 0 Å². The van der Waals surface area contributed by atoms with E-state index in [1.54, 1.807) is 60.7 Å². The quantitative estimate of drug-likeness (QED) is 0.406. The van der Waals surface area contributed by atoms with Gasteiger partial charge in [0.15, 0.2) is 0 Å². The summed E-state index contributed by atoms with van der Waals surface area (Å²) < 4.78 is 4.74. The maximum absolute atomic E-state index is 11.6. The maximum atomic E-state index is 11.6. The monoisotopic (exact) mass is 438 g/mol. The fraction of sp³-hybridized carbons (Fsp3) is 0. The fourth-order valence-corrected chi connectivity index (χ4v) is 1.35. The minimum absolute atomic E-state index is 0. The second-order valence-corrected chi connectivity index (χ2v) is 3.41. The van der Waals surface area contributed by atoms with Crippen LogP contribution in [0.1, 0.15) is 20.7 Å². The molecule has 0 aliphatic heterocycles. The minimum atomic E-state index is -0.639. The van der Waals surface area contributed by atoms with E-state index in [4.69, 9.17) is 4.74 Å². The van der Waals surface area contributed by atoms with Gasteiger partial charge in [-0.1, -0.05) is 36.4 Å². The van der Waals surface area contributed by atoms with Gasteiger partial charge in [-0.05, 0) is 24.3 Å². The summed E-state index contributed by atoms with van der Waals surface area (Å²) in [6.45, 7) is 0. The van der Waals surface area contributed by atoms with Crippen molar-refractivity contribution in [2.24, 2.45) is 0 Å². The Kier molecular flexibility index (Phi) is 5.67. The number of rotatable bonds is 2. The predicted molar refractivity (Wildman–Crippen MR) is 72.6 cm³/mol. The van der Waals surface area contributed by atoms with Crippen molar-refractivity contribution in [3.05, 3.63) is 71.8 Å². The van der Waals surface area contributed by atoms with E-state index in [-0.39, 0.29) is 26.2 Å². The Morgan fingerprint density at radius 1 is 0.667 bits per heavy atom. The molecule has 18 heavy (non-hydrogen) atoms. The molecule has 0 fully saturated rings. The number of carbonyl (C=O) groups excluding carboxylic acids is 2. The molecule has 4 heteroatoms. The van der Waals surface area contributed by atoms with Crippen LogP contribution in [-0.2, 0) is 4.74 Å². The molecule has 0 aliphatic carbocycles. The van der Waals surface area contributed by atoms with Crippen LogP contribution in [0.15, 0.2) is 60.7 Å². The number of hydrogen-bond donors (Lipinski definition) is 0. The summed E-state index contributed by atoms with van der Waals surface area (Å²) in [4.78, 5) is 23.2. The van der Waals surface area contributed by atoms with Crippen LogP contribution in [0.3, 0.4) is 0 Å². The van der Waals surface area contributed by atoms with Gasteiger partial charge in [0.05, 0.1) is 11.1 Å². The van der Waals surface area contributed by atoms with Gasteiger partial charge in [0.25, 0.3) is 0 Å². The van der Waals surface area contributed by atoms with Gasteiger partial charge >= 0.3 is 38.1 Å². The number of hydrogen-bond acceptors (Lipinski definition) is 3. The molecular weight excluding hydrogens is 425 g/mol. The zero-order valence-corrected chi connectivity index (χ0v) is 15.2. The number of esters is 2. The van der Waals surface area contributed by atoms with Crippen LogP contribution in [0.25, 0.3) is 0 Å². The van der Waals surface area contributed by atoms with E-state index in [2.05, 4.69) is 0 Å². The Balaban J connectivity index is 0.00000162. The molecule has 2 aromatic carbocycles. The second-order valence-electron chi connectivity index (χ2n) is 3.41. The molecule has 0 atom stereocenters. The summed E-state index contributed by atoms with van der Waals surface area (Å²) in [5.41, 5.74) is 0.716. The van der Waals surface area contributed by atoms with E-state index >= 15 is 0 Å². The summed E-state index contributed by atoms with van der Waals surface area (Å²) >= 11 is 0. The van der Waals surface area contributed by atoms with E-state index in [9.17, 15) is 9.59 Å². The van der Waals surface area contributed by atoms with Gasteiger partial charge in [0.2, 0.25) is 0 Å². The van der Waals surface area contributed by atoms with Crippen molar-refractivity contribution < 1.29 is 14.3 Å². The third-order valence-electron chi connectivity index (χ3n) is 2.20. The molecule has 0 heterocycles. The molecule has 0 saturated carbocycles. The molecule has 0 radical (unpaired) electrons. The standard InChI is InChI=1S/C14H10O3.Bi.3H/c15-13(11-7-3-1-4-8-11)17-14(16)12-9-5-2-6-10-12;;;;/h1-10H;;;;. The predicted octanol–water partition coefficient (Wildman–Crippen LogP) is 1.50. The molecule has 0 N–H and O–H groups in total. The molecule has 0 aliphatic rings. The van der Waals surface area contributed by atoms with Gasteiger partial charge in [0, 0.05) is 0 Å². The molecule has 2 aromatic rings. The van der Waals surface area contributed by atoms with Crippen molar-refractivity contribution in [3.8, 4) is 0 Å². The molecule has 3 nitrogen and oxygen atoms in total. The first kappa shape index (κ1) is 14.5. The molecular formula is C14H13BiO3. The first-order chi connectivity index (χ1) is 8.27. The Morgan fingerprint density at radius 2 is 1.00 bits per heavy atom. The topological polar surface area (TPSA) is 43.4 Å². The molecule has 0 saturated heterocycles. The van der Waals surface area contributed by atoms with Crippen molar-refractivity contribution in [1.82, 2.24) is 0 Å². The molecule has 0 spiro atoms. The molecule has 0 bridgehead atoms. The van der Waals surface area contributed by atoms with Gasteiger partial charge in [-0.15, -0.1) is 0 Å². The van der Waals surface area contributed by atoms with E-state index in [0.29, 0.717) is 11.1 Å². The van der Waals surface area contributed by atoms with Gasteiger partial charge in [-0.2, -0.15) is 0 Å². The Morgan fingerprint density at radius 3 is 1.33 bits per heavy atom. The first-order valence-electron chi connectivity index (χ1n) is 5.14. The van der Waals surface area contributed by atoms with E-state index in [0.717, 1.165) is 0 Å². The summed E-state index contributed by atoms with van der Waals surface area (Å²) in [7, 11) is 0. The average Bonchev–Trinajstić information content (AvgIpc) is 2.40. The van der Waals surface area contributed by atoms with Crippen molar-refractivity contribution in [1.29, 1.82) is 0 Å². The van der Waals surface area contributed by atoms with Crippen molar-refractivity contribution in [3.63, 3.8) is 0 Å². The Bertz CT molecular complexity index is 474. The van der Waals surface area contributed by atoms with Crippen molar-refractivity contribution in [2.45, 2.75) is 0 Å². The van der Waals surface area contributed by atoms with Crippen LogP contribution in [0.2, 0.25) is 0 Å². The Labute approximate surface area is 124 Å². The zero-order valence-electron chi connectivity index (χ0n) is 9.71. The molecule has 0 amide bonds. The van der Waals surface area contributed by atoms with Gasteiger partial charge in [0.1, 0.15) is 0 Å². The Hall–Kier alpha value is -1.54. The van der Waals surface area contributed by atoms with Crippen molar-refractivity contribution in [2.75, 3.05) is 0 Å². The second kappa shape index (κ2) is 7.02. The van der Waals surface area contributed by atoms with E-state index < -0.39 is 11.9 Å². The van der Waals surface area contributed by atoms with Gasteiger partial charge in [-0.3, -0.25) is 0 Å². The fourth-order valence-electron chi connectivity index (χ4n) is 1.35. The third-order valence-corrected chi connectivity index (χ3v) is 2.20. The summed E-state index contributed by atoms with van der Waals surface area (Å²) in [6, 6.07) is 16.8. The first-order valence-corrected chi connectivity index (χ1v) is 5.14. The van der Waals surface area contributed by atoms with Crippen LogP contribution in [-0.4, -0.2) is 38.1 Å². The molecule has 2 rings (SSSR count). The zero-order chi connectivity index (χ0) is 12.1. The molecule has 0 unspecified atom stereocenters. The van der Waals surface area contributed by atoms with E-state index in [1.807, 2.05) is 0 Å². The SMILES string of the molecule is O=C(OC(=O)c1ccccc1)c1ccccc1.[BiH3]. The van der Waals surface area contributed by atoms with Gasteiger partial charge in [-0.25, -0.2) is 9.59 Å². The normalized spacial score (nSPS) is 9.11. The van der Waals surface area contributed by atoms with Crippen molar-refractivity contribution >= 4 is 38.1 Å². The number of carbonyl (C=O) groups is 2. The average molecular weight is 438 g/mol. The summed E-state index contributed by atoms with van der Waals surface area (Å²) in [5.74, 6) is -1.28. The molecule has 92 valence electrons. The van der Waals surface area contributed by atoms with Crippen LogP contribution in [0, 0.1) is 0 Å². The van der Waals surface area contributed by atoms with Crippen LogP contribution < -0.4 is 0 Å². The van der Waals surface area contributed by atoms with Crippen LogP contribution in [0.5, 0.6) is 0 Å². The number of benzene rings is 2. The van der Waals surface area contributed by atoms with Crippen LogP contribution in [0.4, 0.5) is 0 Å². The number of ether oxygens (including phenoxy) is 1. The third kappa shape index (κ3) is 3.74. The van der Waals surface area contributed by atoms with Gasteiger partial charge < -0.3 is 4.74 Å². The summed E-state index contributed by atoms with van der Waals surface area (Å²) in [6.07, 6.45) is 0.